The van der Waals surface area contributed by atoms with Gasteiger partial charge >= 0.3 is 5.97 Å². The van der Waals surface area contributed by atoms with Gasteiger partial charge in [-0.25, -0.2) is 4.79 Å². The SMILES string of the molecule is Cc1cc(C)c(OC(=O)C#Cc2ccccc2)c(C)c1. The molecule has 0 N–H and O–H groups in total. The van der Waals surface area contributed by atoms with Crippen LogP contribution in [0.5, 0.6) is 5.75 Å². The lowest BCUT2D eigenvalue weighted by atomic mass is 10.1. The Kier molecular flexibility index (Phi) is 4.22. The summed E-state index contributed by atoms with van der Waals surface area (Å²) in [5.74, 6) is 5.36. The lowest BCUT2D eigenvalue weighted by Crippen LogP contribution is -2.07. The van der Waals surface area contributed by atoms with Crippen LogP contribution in [0.3, 0.4) is 0 Å². The maximum atomic E-state index is 11.8. The van der Waals surface area contributed by atoms with Gasteiger partial charge < -0.3 is 4.74 Å². The van der Waals surface area contributed by atoms with Crippen LogP contribution in [0.25, 0.3) is 0 Å². The van der Waals surface area contributed by atoms with Crippen LogP contribution in [0, 0.1) is 32.6 Å². The first-order chi connectivity index (χ1) is 9.56. The minimum Gasteiger partial charge on any atom is -0.416 e. The lowest BCUT2D eigenvalue weighted by Gasteiger charge is -2.09. The van der Waals surface area contributed by atoms with E-state index >= 15 is 0 Å². The number of aryl methyl sites for hydroxylation is 3. The molecule has 0 atom stereocenters. The first-order valence-electron chi connectivity index (χ1n) is 6.43. The van der Waals surface area contributed by atoms with Gasteiger partial charge in [0.05, 0.1) is 0 Å². The average Bonchev–Trinajstić information content (AvgIpc) is 2.42. The predicted octanol–water partition coefficient (Wildman–Crippen LogP) is 3.57. The van der Waals surface area contributed by atoms with Crippen molar-refractivity contribution in [3.63, 3.8) is 0 Å². The van der Waals surface area contributed by atoms with Crippen LogP contribution in [0.15, 0.2) is 42.5 Å². The minimum absolute atomic E-state index is 0.538. The Morgan fingerprint density at radius 2 is 1.60 bits per heavy atom. The molecule has 2 rings (SSSR count). The Balaban J connectivity index is 2.16. The largest absolute Gasteiger partial charge is 0.416 e. The standard InChI is InChI=1S/C18H16O2/c1-13-11-14(2)18(15(3)12-13)20-17(19)10-9-16-7-5-4-6-8-16/h4-8,11-12H,1-3H3. The van der Waals surface area contributed by atoms with Gasteiger partial charge in [-0.1, -0.05) is 41.8 Å². The Labute approximate surface area is 119 Å². The number of hydrogen-bond donors (Lipinski definition) is 0. The second-order valence-electron chi connectivity index (χ2n) is 4.73. The number of carbonyl (C=O) groups is 1. The minimum atomic E-state index is -0.538. The van der Waals surface area contributed by atoms with Crippen LogP contribution >= 0.6 is 0 Å². The Morgan fingerprint density at radius 1 is 1.00 bits per heavy atom. The third-order valence-electron chi connectivity index (χ3n) is 2.88. The third-order valence-corrected chi connectivity index (χ3v) is 2.88. The first-order valence-corrected chi connectivity index (χ1v) is 6.43. The molecule has 20 heavy (non-hydrogen) atoms. The molecule has 2 nitrogen and oxygen atoms in total. The van der Waals surface area contributed by atoms with Gasteiger partial charge in [0.2, 0.25) is 0 Å². The lowest BCUT2D eigenvalue weighted by molar-refractivity contribution is -0.128. The zero-order valence-electron chi connectivity index (χ0n) is 11.9. The average molecular weight is 264 g/mol. The second-order valence-corrected chi connectivity index (χ2v) is 4.73. The molecule has 0 amide bonds. The van der Waals surface area contributed by atoms with Gasteiger partial charge in [-0.2, -0.15) is 0 Å². The van der Waals surface area contributed by atoms with E-state index in [4.69, 9.17) is 4.74 Å². The van der Waals surface area contributed by atoms with E-state index in [2.05, 4.69) is 11.8 Å². The molecule has 0 aromatic heterocycles. The molecule has 0 unspecified atom stereocenters. The number of carbonyl (C=O) groups excluding carboxylic acids is 1. The van der Waals surface area contributed by atoms with Crippen molar-refractivity contribution < 1.29 is 9.53 Å². The highest BCUT2D eigenvalue weighted by molar-refractivity contribution is 5.91. The summed E-state index contributed by atoms with van der Waals surface area (Å²) >= 11 is 0. The zero-order valence-corrected chi connectivity index (χ0v) is 11.9. The molecule has 0 fully saturated rings. The summed E-state index contributed by atoms with van der Waals surface area (Å²) in [6.45, 7) is 5.86. The van der Waals surface area contributed by atoms with Crippen molar-refractivity contribution in [2.45, 2.75) is 20.8 Å². The molecule has 2 aromatic rings. The van der Waals surface area contributed by atoms with E-state index in [1.165, 1.54) is 0 Å². The number of rotatable bonds is 1. The number of benzene rings is 2. The number of hydrogen-bond acceptors (Lipinski definition) is 2. The fourth-order valence-corrected chi connectivity index (χ4v) is 2.09. The van der Waals surface area contributed by atoms with Gasteiger partial charge in [-0.15, -0.1) is 0 Å². The second kappa shape index (κ2) is 6.08. The quantitative estimate of drug-likeness (QED) is 0.447. The molecule has 0 heterocycles. The Morgan fingerprint density at radius 3 is 2.20 bits per heavy atom. The molecular weight excluding hydrogens is 248 g/mol. The summed E-state index contributed by atoms with van der Waals surface area (Å²) < 4.78 is 5.34. The highest BCUT2D eigenvalue weighted by Gasteiger charge is 2.08. The molecule has 0 aliphatic rings. The molecule has 100 valence electrons. The van der Waals surface area contributed by atoms with Crippen molar-refractivity contribution in [3.8, 4) is 17.6 Å². The molecule has 2 heteroatoms. The van der Waals surface area contributed by atoms with Gasteiger partial charge in [-0.3, -0.25) is 0 Å². The molecule has 0 spiro atoms. The van der Waals surface area contributed by atoms with E-state index in [9.17, 15) is 4.79 Å². The van der Waals surface area contributed by atoms with Crippen molar-refractivity contribution >= 4 is 5.97 Å². The van der Waals surface area contributed by atoms with Crippen LogP contribution in [-0.2, 0) is 4.79 Å². The molecule has 0 aliphatic heterocycles. The van der Waals surface area contributed by atoms with Crippen LogP contribution in [-0.4, -0.2) is 5.97 Å². The van der Waals surface area contributed by atoms with E-state index in [0.29, 0.717) is 5.75 Å². The predicted molar refractivity (Wildman–Crippen MR) is 79.6 cm³/mol. The first kappa shape index (κ1) is 13.9. The van der Waals surface area contributed by atoms with E-state index in [-0.39, 0.29) is 0 Å². The molecule has 0 bridgehead atoms. The normalized spacial score (nSPS) is 9.55. The van der Waals surface area contributed by atoms with Gasteiger partial charge in [-0.05, 0) is 44.0 Å². The van der Waals surface area contributed by atoms with E-state index in [1.807, 2.05) is 63.2 Å². The van der Waals surface area contributed by atoms with Gasteiger partial charge in [0, 0.05) is 11.5 Å². The molecule has 0 radical (unpaired) electrons. The van der Waals surface area contributed by atoms with E-state index in [0.717, 1.165) is 22.3 Å². The number of ether oxygens (including phenoxy) is 1. The van der Waals surface area contributed by atoms with E-state index in [1.54, 1.807) is 0 Å². The fourth-order valence-electron chi connectivity index (χ4n) is 2.09. The molecule has 2 aromatic carbocycles. The fraction of sp³-hybridized carbons (Fsp3) is 0.167. The summed E-state index contributed by atoms with van der Waals surface area (Å²) in [7, 11) is 0. The molecule has 0 saturated carbocycles. The summed E-state index contributed by atoms with van der Waals surface area (Å²) in [5, 5.41) is 0. The Bertz CT molecular complexity index is 665. The summed E-state index contributed by atoms with van der Waals surface area (Å²) in [4.78, 5) is 11.8. The summed E-state index contributed by atoms with van der Waals surface area (Å²) in [6.07, 6.45) is 0. The molecule has 0 aliphatic carbocycles. The smallest absolute Gasteiger partial charge is 0.390 e. The highest BCUT2D eigenvalue weighted by atomic mass is 16.5. The van der Waals surface area contributed by atoms with Crippen molar-refractivity contribution in [1.82, 2.24) is 0 Å². The van der Waals surface area contributed by atoms with Crippen LogP contribution in [0.2, 0.25) is 0 Å². The monoisotopic (exact) mass is 264 g/mol. The topological polar surface area (TPSA) is 26.3 Å². The third kappa shape index (κ3) is 3.49. The van der Waals surface area contributed by atoms with Crippen molar-refractivity contribution in [3.05, 3.63) is 64.7 Å². The van der Waals surface area contributed by atoms with Crippen molar-refractivity contribution in [2.24, 2.45) is 0 Å². The zero-order chi connectivity index (χ0) is 14.5. The summed E-state index contributed by atoms with van der Waals surface area (Å²) in [5.41, 5.74) is 3.83. The van der Waals surface area contributed by atoms with Crippen LogP contribution in [0.4, 0.5) is 0 Å². The molecule has 0 saturated heterocycles. The summed E-state index contributed by atoms with van der Waals surface area (Å²) in [6, 6.07) is 13.3. The van der Waals surface area contributed by atoms with Gasteiger partial charge in [0.25, 0.3) is 0 Å². The van der Waals surface area contributed by atoms with Crippen molar-refractivity contribution in [1.29, 1.82) is 0 Å². The Hall–Kier alpha value is -2.53. The van der Waals surface area contributed by atoms with E-state index < -0.39 is 5.97 Å². The van der Waals surface area contributed by atoms with Gasteiger partial charge in [0.1, 0.15) is 5.75 Å². The van der Waals surface area contributed by atoms with Crippen LogP contribution < -0.4 is 4.74 Å². The maximum absolute atomic E-state index is 11.8. The molecular formula is C18H16O2. The van der Waals surface area contributed by atoms with Crippen LogP contribution in [0.1, 0.15) is 22.3 Å². The maximum Gasteiger partial charge on any atom is 0.390 e. The van der Waals surface area contributed by atoms with Gasteiger partial charge in [0.15, 0.2) is 0 Å². The number of esters is 1. The highest BCUT2D eigenvalue weighted by Crippen LogP contribution is 2.24. The van der Waals surface area contributed by atoms with Crippen molar-refractivity contribution in [2.75, 3.05) is 0 Å².